The number of hydrogen-bond acceptors (Lipinski definition) is 7. The highest BCUT2D eigenvalue weighted by atomic mass is 32.2. The fourth-order valence-corrected chi connectivity index (χ4v) is 3.30. The highest BCUT2D eigenvalue weighted by Crippen LogP contribution is 2.33. The summed E-state index contributed by atoms with van der Waals surface area (Å²) in [6.45, 7) is 0. The first-order chi connectivity index (χ1) is 15.5. The Bertz CT molecular complexity index is 1310. The number of aryl methyl sites for hydroxylation is 1. The first-order valence-corrected chi connectivity index (χ1v) is 10.8. The molecular weight excluding hydrogens is 464 g/mol. The number of nitriles is 1. The molecule has 3 rings (SSSR count). The van der Waals surface area contributed by atoms with Gasteiger partial charge in [-0.1, -0.05) is 0 Å². The molecule has 4 N–H and O–H groups in total. The highest BCUT2D eigenvalue weighted by molar-refractivity contribution is 7.89. The smallest absolute Gasteiger partial charge is 0.338 e. The number of alkyl halides is 3. The van der Waals surface area contributed by atoms with E-state index in [0.717, 1.165) is 18.3 Å². The first-order valence-electron chi connectivity index (χ1n) is 9.23. The van der Waals surface area contributed by atoms with Crippen molar-refractivity contribution in [2.75, 3.05) is 10.6 Å². The average molecular weight is 480 g/mol. The topological polar surface area (TPSA) is 134 Å². The van der Waals surface area contributed by atoms with E-state index in [-0.39, 0.29) is 40.8 Å². The predicted molar refractivity (Wildman–Crippen MR) is 112 cm³/mol. The minimum atomic E-state index is -4.64. The Hall–Kier alpha value is -3.76. The summed E-state index contributed by atoms with van der Waals surface area (Å²) in [5, 5.41) is 19.0. The monoisotopic (exact) mass is 480 g/mol. The van der Waals surface area contributed by atoms with Crippen molar-refractivity contribution in [3.63, 3.8) is 0 Å². The van der Waals surface area contributed by atoms with Gasteiger partial charge in [-0.05, 0) is 54.4 Å². The zero-order valence-corrected chi connectivity index (χ0v) is 17.5. The zero-order valence-electron chi connectivity index (χ0n) is 16.7. The van der Waals surface area contributed by atoms with Gasteiger partial charge in [-0.25, -0.2) is 22.9 Å². The number of primary sulfonamides is 1. The van der Waals surface area contributed by atoms with Gasteiger partial charge < -0.3 is 10.6 Å². The summed E-state index contributed by atoms with van der Waals surface area (Å²) in [6.07, 6.45) is -3.72. The normalized spacial score (nSPS) is 11.6. The van der Waals surface area contributed by atoms with Crippen LogP contribution in [0.5, 0.6) is 0 Å². The quantitative estimate of drug-likeness (QED) is 0.431. The Morgan fingerprint density at radius 3 is 2.36 bits per heavy atom. The molecule has 0 saturated carbocycles. The van der Waals surface area contributed by atoms with Gasteiger partial charge in [0.1, 0.15) is 0 Å². The number of sulfonamides is 1. The summed E-state index contributed by atoms with van der Waals surface area (Å²) in [5.41, 5.74) is -0.420. The molecule has 0 bridgehead atoms. The molecule has 0 amide bonds. The molecule has 0 aliphatic carbocycles. The Morgan fingerprint density at radius 2 is 1.76 bits per heavy atom. The molecule has 0 aliphatic rings. The van der Waals surface area contributed by atoms with Crippen LogP contribution in [0.3, 0.4) is 0 Å². The third kappa shape index (κ3) is 6.37. The molecule has 172 valence electrons. The number of anilines is 4. The largest absolute Gasteiger partial charge is 0.416 e. The second-order valence-electron chi connectivity index (χ2n) is 6.78. The van der Waals surface area contributed by atoms with E-state index in [1.807, 2.05) is 6.07 Å². The fourth-order valence-electron chi connectivity index (χ4n) is 2.78. The molecular formula is C20H16F4N6O2S. The van der Waals surface area contributed by atoms with Crippen LogP contribution in [0.2, 0.25) is 0 Å². The summed E-state index contributed by atoms with van der Waals surface area (Å²) in [7, 11) is -3.88. The maximum absolute atomic E-state index is 14.3. The summed E-state index contributed by atoms with van der Waals surface area (Å²) >= 11 is 0. The number of rotatable bonds is 7. The molecule has 0 unspecified atom stereocenters. The van der Waals surface area contributed by atoms with Crippen LogP contribution in [0.4, 0.5) is 40.7 Å². The molecule has 1 aromatic heterocycles. The van der Waals surface area contributed by atoms with Gasteiger partial charge in [0.25, 0.3) is 0 Å². The van der Waals surface area contributed by atoms with Crippen LogP contribution in [0.1, 0.15) is 17.5 Å². The second kappa shape index (κ2) is 9.39. The zero-order chi connectivity index (χ0) is 24.2. The number of aromatic nitrogens is 2. The molecule has 0 atom stereocenters. The van der Waals surface area contributed by atoms with Gasteiger partial charge in [-0.2, -0.15) is 23.4 Å². The van der Waals surface area contributed by atoms with Crippen molar-refractivity contribution >= 4 is 33.2 Å². The number of nitrogens with one attached hydrogen (secondary N) is 2. The molecule has 0 fully saturated rings. The fraction of sp³-hybridized carbons (Fsp3) is 0.150. The number of halogens is 4. The Labute approximate surface area is 186 Å². The van der Waals surface area contributed by atoms with Crippen LogP contribution in [0, 0.1) is 17.1 Å². The molecule has 1 heterocycles. The lowest BCUT2D eigenvalue weighted by molar-refractivity contribution is -0.137. The first kappa shape index (κ1) is 23.9. The summed E-state index contributed by atoms with van der Waals surface area (Å²) < 4.78 is 76.6. The van der Waals surface area contributed by atoms with Crippen molar-refractivity contribution in [3.05, 3.63) is 65.6 Å². The molecule has 2 aromatic carbocycles. The average Bonchev–Trinajstić information content (AvgIpc) is 2.73. The van der Waals surface area contributed by atoms with Crippen molar-refractivity contribution in [2.24, 2.45) is 5.14 Å². The van der Waals surface area contributed by atoms with Gasteiger partial charge >= 0.3 is 6.18 Å². The predicted octanol–water partition coefficient (Wildman–Crippen LogP) is 4.23. The van der Waals surface area contributed by atoms with Crippen molar-refractivity contribution in [3.8, 4) is 6.07 Å². The third-order valence-corrected chi connectivity index (χ3v) is 5.22. The number of nitrogens with two attached hydrogens (primary N) is 1. The number of benzene rings is 2. The Balaban J connectivity index is 1.87. The SMILES string of the molecule is N#CCCc1cc(Nc2nc(Nc3ccc(S(N)(=O)=O)cc3)ncc2F)cc(C(F)(F)F)c1. The summed E-state index contributed by atoms with van der Waals surface area (Å²) in [6, 6.07) is 10.2. The molecule has 0 aliphatic heterocycles. The van der Waals surface area contributed by atoms with E-state index in [1.54, 1.807) is 0 Å². The van der Waals surface area contributed by atoms with Crippen LogP contribution in [-0.2, 0) is 22.6 Å². The van der Waals surface area contributed by atoms with Gasteiger partial charge in [0.15, 0.2) is 11.6 Å². The minimum absolute atomic E-state index is 0.0148. The standard InChI is InChI=1S/C20H16F4N6O2S/c21-17-11-27-19(29-14-3-5-16(6-4-14)33(26,31)32)30-18(17)28-15-9-12(2-1-7-25)8-13(10-15)20(22,23)24/h3-6,8-11H,1-2H2,(H2,26,31,32)(H2,27,28,29,30). The van der Waals surface area contributed by atoms with E-state index in [1.165, 1.54) is 30.3 Å². The van der Waals surface area contributed by atoms with Crippen molar-refractivity contribution in [1.29, 1.82) is 5.26 Å². The van der Waals surface area contributed by atoms with Crippen LogP contribution in [0.25, 0.3) is 0 Å². The maximum Gasteiger partial charge on any atom is 0.416 e. The lowest BCUT2D eigenvalue weighted by Gasteiger charge is -2.14. The van der Waals surface area contributed by atoms with Crippen molar-refractivity contribution in [2.45, 2.75) is 23.9 Å². The molecule has 33 heavy (non-hydrogen) atoms. The number of nitrogens with zero attached hydrogens (tertiary/aromatic N) is 3. The lowest BCUT2D eigenvalue weighted by Crippen LogP contribution is -2.11. The van der Waals surface area contributed by atoms with E-state index < -0.39 is 27.6 Å². The van der Waals surface area contributed by atoms with E-state index in [4.69, 9.17) is 10.4 Å². The van der Waals surface area contributed by atoms with Gasteiger partial charge in [0, 0.05) is 17.8 Å². The molecule has 0 radical (unpaired) electrons. The van der Waals surface area contributed by atoms with E-state index in [2.05, 4.69) is 20.6 Å². The third-order valence-electron chi connectivity index (χ3n) is 4.29. The van der Waals surface area contributed by atoms with Crippen LogP contribution >= 0.6 is 0 Å². The molecule has 8 nitrogen and oxygen atoms in total. The van der Waals surface area contributed by atoms with Crippen LogP contribution in [-0.4, -0.2) is 18.4 Å². The summed E-state index contributed by atoms with van der Waals surface area (Å²) in [5.74, 6) is -1.40. The Morgan fingerprint density at radius 1 is 1.06 bits per heavy atom. The van der Waals surface area contributed by atoms with E-state index in [9.17, 15) is 26.0 Å². The van der Waals surface area contributed by atoms with E-state index >= 15 is 0 Å². The lowest BCUT2D eigenvalue weighted by atomic mass is 10.0. The van der Waals surface area contributed by atoms with Crippen LogP contribution < -0.4 is 15.8 Å². The van der Waals surface area contributed by atoms with Gasteiger partial charge in [-0.3, -0.25) is 0 Å². The highest BCUT2D eigenvalue weighted by Gasteiger charge is 2.31. The molecule has 13 heteroatoms. The molecule has 0 saturated heterocycles. The van der Waals surface area contributed by atoms with Gasteiger partial charge in [-0.15, -0.1) is 0 Å². The molecule has 3 aromatic rings. The maximum atomic E-state index is 14.3. The molecule has 0 spiro atoms. The minimum Gasteiger partial charge on any atom is -0.338 e. The van der Waals surface area contributed by atoms with Crippen molar-refractivity contribution in [1.82, 2.24) is 9.97 Å². The van der Waals surface area contributed by atoms with Crippen LogP contribution in [0.15, 0.2) is 53.6 Å². The number of hydrogen-bond donors (Lipinski definition) is 3. The van der Waals surface area contributed by atoms with Gasteiger partial charge in [0.2, 0.25) is 16.0 Å². The van der Waals surface area contributed by atoms with Crippen molar-refractivity contribution < 1.29 is 26.0 Å². The van der Waals surface area contributed by atoms with Gasteiger partial charge in [0.05, 0.1) is 22.7 Å². The van der Waals surface area contributed by atoms with E-state index in [0.29, 0.717) is 5.69 Å². The second-order valence-corrected chi connectivity index (χ2v) is 8.35. The Kier molecular flexibility index (Phi) is 6.80. The summed E-state index contributed by atoms with van der Waals surface area (Å²) in [4.78, 5) is 7.58.